The van der Waals surface area contributed by atoms with Crippen molar-refractivity contribution in [3.05, 3.63) is 120 Å². The number of hydrogen-bond donors (Lipinski definition) is 7. The molecule has 2 saturated heterocycles. The second-order valence-electron chi connectivity index (χ2n) is 22.0. The van der Waals surface area contributed by atoms with Crippen LogP contribution in [0.2, 0.25) is 0 Å². The Balaban J connectivity index is 0.991. The van der Waals surface area contributed by atoms with Crippen molar-refractivity contribution in [3.8, 4) is 11.3 Å². The van der Waals surface area contributed by atoms with Crippen LogP contribution in [0.5, 0.6) is 0 Å². The number of nitrogens with two attached hydrogens (primary N) is 1. The maximum Gasteiger partial charge on any atom is 0.410 e. The van der Waals surface area contributed by atoms with Gasteiger partial charge in [0, 0.05) is 87.9 Å². The summed E-state index contributed by atoms with van der Waals surface area (Å²) >= 11 is 0. The molecule has 3 aliphatic rings. The van der Waals surface area contributed by atoms with Crippen molar-refractivity contribution in [1.29, 1.82) is 0 Å². The van der Waals surface area contributed by atoms with Gasteiger partial charge in [-0.15, -0.1) is 0 Å². The highest BCUT2D eigenvalue weighted by atomic mass is 19.1. The third-order valence-corrected chi connectivity index (χ3v) is 15.1. The molecule has 10 amide bonds. The largest absolute Gasteiger partial charge is 0.445 e. The number of hydrogen-bond acceptors (Lipinski definition) is 12. The van der Waals surface area contributed by atoms with Crippen LogP contribution in [0.3, 0.4) is 0 Å². The molecule has 6 atom stereocenters. The first-order valence-electron chi connectivity index (χ1n) is 28.7. The van der Waals surface area contributed by atoms with E-state index in [2.05, 4.69) is 26.6 Å². The molecule has 0 radical (unpaired) electrons. The Labute approximate surface area is 491 Å². The van der Waals surface area contributed by atoms with Crippen LogP contribution in [0.1, 0.15) is 95.1 Å². The number of aliphatic hydroxyl groups excluding tert-OH is 1. The Morgan fingerprint density at radius 1 is 0.859 bits per heavy atom. The summed E-state index contributed by atoms with van der Waals surface area (Å²) in [4.78, 5) is 113. The van der Waals surface area contributed by atoms with Crippen molar-refractivity contribution in [1.82, 2.24) is 45.5 Å². The number of halogens is 3. The maximum atomic E-state index is 16.5. The highest BCUT2D eigenvalue weighted by Gasteiger charge is 2.43. The molecular weight excluding hydrogens is 1110 g/mol. The predicted molar refractivity (Wildman–Crippen MR) is 306 cm³/mol. The molecule has 8 N–H and O–H groups in total. The van der Waals surface area contributed by atoms with Crippen LogP contribution in [-0.4, -0.2) is 154 Å². The van der Waals surface area contributed by atoms with E-state index in [9.17, 15) is 47.9 Å². The minimum atomic E-state index is -1.62. The number of aliphatic hydroxyl groups is 1. The normalized spacial score (nSPS) is 17.5. The number of primary amides is 1. The van der Waals surface area contributed by atoms with Crippen molar-refractivity contribution in [2.24, 2.45) is 23.5 Å². The second-order valence-corrected chi connectivity index (χ2v) is 22.0. The zero-order chi connectivity index (χ0) is 61.2. The number of alkyl halides is 1. The SMILES string of the molecule is CC(C)[C@H](NC(=O)CCCCCN1C(=O)C=CC1=O)C(=O)N[C@@H](CCCNC(N)=O)C(=O)Nc1ccc(COC(=O)N2C[C@H](CN(C(=O)N[C@@H](C)CO)[C@@H](c3nc(-c4cc(F)ccc4F)cn3Cc3ccccc3)C3CCOCC3)[C@H](F)C2)cc1. The van der Waals surface area contributed by atoms with Gasteiger partial charge in [-0.3, -0.25) is 28.9 Å². The minimum Gasteiger partial charge on any atom is -0.445 e. The lowest BCUT2D eigenvalue weighted by molar-refractivity contribution is -0.137. The number of nitrogens with zero attached hydrogens (tertiary/aromatic N) is 5. The summed E-state index contributed by atoms with van der Waals surface area (Å²) in [7, 11) is 0. The number of benzene rings is 3. The Kier molecular flexibility index (Phi) is 23.4. The molecule has 25 heteroatoms. The summed E-state index contributed by atoms with van der Waals surface area (Å²) in [5.74, 6) is -5.03. The van der Waals surface area contributed by atoms with E-state index >= 15 is 8.78 Å². The Morgan fingerprint density at radius 2 is 1.58 bits per heavy atom. The van der Waals surface area contributed by atoms with Gasteiger partial charge in [-0.1, -0.05) is 62.7 Å². The fraction of sp³-hybridized carbons (Fsp3) is 0.483. The van der Waals surface area contributed by atoms with Gasteiger partial charge < -0.3 is 61.3 Å². The molecular formula is C60H76F3N11O11. The number of unbranched alkanes of at least 4 members (excludes halogenated alkanes) is 2. The van der Waals surface area contributed by atoms with Gasteiger partial charge in [0.05, 0.1) is 30.9 Å². The van der Waals surface area contributed by atoms with E-state index < -0.39 is 90.4 Å². The number of imide groups is 1. The monoisotopic (exact) mass is 1180 g/mol. The molecule has 22 nitrogen and oxygen atoms in total. The molecule has 1 aromatic heterocycles. The molecule has 0 bridgehead atoms. The highest BCUT2D eigenvalue weighted by molar-refractivity contribution is 6.12. The van der Waals surface area contributed by atoms with Crippen LogP contribution >= 0.6 is 0 Å². The highest BCUT2D eigenvalue weighted by Crippen LogP contribution is 2.39. The van der Waals surface area contributed by atoms with Gasteiger partial charge in [-0.25, -0.2) is 32.5 Å². The van der Waals surface area contributed by atoms with Crippen LogP contribution < -0.4 is 32.3 Å². The molecule has 2 fully saturated rings. The third-order valence-electron chi connectivity index (χ3n) is 15.1. The van der Waals surface area contributed by atoms with E-state index in [-0.39, 0.29) is 100 Å². The van der Waals surface area contributed by atoms with Gasteiger partial charge in [-0.2, -0.15) is 0 Å². The van der Waals surface area contributed by atoms with Crippen molar-refractivity contribution >= 4 is 53.4 Å². The van der Waals surface area contributed by atoms with Crippen LogP contribution in [0.15, 0.2) is 91.1 Å². The first kappa shape index (κ1) is 64.2. The van der Waals surface area contributed by atoms with Crippen molar-refractivity contribution in [2.75, 3.05) is 57.9 Å². The van der Waals surface area contributed by atoms with Crippen molar-refractivity contribution in [2.45, 2.75) is 116 Å². The molecule has 0 aliphatic carbocycles. The first-order valence-corrected chi connectivity index (χ1v) is 28.7. The number of nitrogens with one attached hydrogen (secondary N) is 5. The number of imidazole rings is 1. The lowest BCUT2D eigenvalue weighted by Crippen LogP contribution is -2.54. The maximum absolute atomic E-state index is 16.5. The minimum absolute atomic E-state index is 0.0747. The Hall–Kier alpha value is -8.32. The van der Waals surface area contributed by atoms with Gasteiger partial charge in [0.2, 0.25) is 17.7 Å². The summed E-state index contributed by atoms with van der Waals surface area (Å²) in [6.45, 7) is 5.01. The number of anilines is 1. The summed E-state index contributed by atoms with van der Waals surface area (Å²) in [5, 5.41) is 23.6. The zero-order valence-corrected chi connectivity index (χ0v) is 48.0. The standard InChI is InChI=1S/C60H76F3N11O11/c1-37(2)53(70-50(76)14-8-5-9-26-73-51(77)21-22-52(73)78)57(80)69-48(13-10-25-65-58(64)81)56(79)67-44-18-15-40(16-19-44)36-85-60(83)72-31-42(47(63)33-72)32-74(59(82)66-38(3)35-75)54(41-23-27-84-28-24-41)55-68-49(45-29-43(61)17-20-46(45)62)34-71(55)30-39-11-6-4-7-12-39/h4,6-7,11-12,15-22,29,34,37-38,41-42,47-48,53-54,75H,5,8-10,13-14,23-28,30-33,35-36H2,1-3H3,(H,66,82)(H,67,79)(H,69,80)(H,70,76)(H3,64,65,81)/t38-,42+,47+,48-,53-,54+/m0/s1. The fourth-order valence-corrected chi connectivity index (χ4v) is 10.5. The van der Waals surface area contributed by atoms with Crippen LogP contribution in [0.25, 0.3) is 11.3 Å². The number of carbonyl (C=O) groups is 8. The molecule has 85 heavy (non-hydrogen) atoms. The van der Waals surface area contributed by atoms with Gasteiger partial charge >= 0.3 is 18.2 Å². The fourth-order valence-electron chi connectivity index (χ4n) is 10.5. The van der Waals surface area contributed by atoms with E-state index in [1.807, 2.05) is 30.3 Å². The molecule has 0 saturated carbocycles. The van der Waals surface area contributed by atoms with Gasteiger partial charge in [0.25, 0.3) is 11.8 Å². The number of urea groups is 2. The molecule has 3 aromatic carbocycles. The molecule has 7 rings (SSSR count). The third kappa shape index (κ3) is 18.3. The topological polar surface area (TPSA) is 289 Å². The molecule has 3 aliphatic heterocycles. The van der Waals surface area contributed by atoms with E-state index in [0.717, 1.165) is 28.7 Å². The number of amides is 10. The van der Waals surface area contributed by atoms with Crippen molar-refractivity contribution in [3.63, 3.8) is 0 Å². The van der Waals surface area contributed by atoms with Crippen LogP contribution in [0.4, 0.5) is 33.2 Å². The van der Waals surface area contributed by atoms with Gasteiger partial charge in [-0.05, 0) is 98.7 Å². The number of ether oxygens (including phenoxy) is 2. The summed E-state index contributed by atoms with van der Waals surface area (Å²) < 4.78 is 59.8. The number of rotatable bonds is 28. The van der Waals surface area contributed by atoms with Gasteiger partial charge in [0.1, 0.15) is 42.3 Å². The summed E-state index contributed by atoms with van der Waals surface area (Å²) in [6.07, 6.45) is 4.42. The summed E-state index contributed by atoms with van der Waals surface area (Å²) in [6, 6.07) is 13.6. The molecule has 0 unspecified atom stereocenters. The molecule has 0 spiro atoms. The number of likely N-dealkylation sites (tertiary alicyclic amines) is 1. The lowest BCUT2D eigenvalue weighted by Gasteiger charge is -2.40. The van der Waals surface area contributed by atoms with E-state index in [1.54, 1.807) is 55.8 Å². The zero-order valence-electron chi connectivity index (χ0n) is 48.0. The quantitative estimate of drug-likeness (QED) is 0.0261. The smallest absolute Gasteiger partial charge is 0.410 e. The number of carbonyl (C=O) groups excluding carboxylic acids is 8. The van der Waals surface area contributed by atoms with E-state index in [1.165, 1.54) is 22.0 Å². The summed E-state index contributed by atoms with van der Waals surface area (Å²) in [5.41, 5.74) is 6.94. The molecule has 458 valence electrons. The average Bonchev–Trinajstić information content (AvgIpc) is 2.07. The lowest BCUT2D eigenvalue weighted by atomic mass is 9.89. The van der Waals surface area contributed by atoms with Gasteiger partial charge in [0.15, 0.2) is 0 Å². The molecule has 4 heterocycles. The van der Waals surface area contributed by atoms with Crippen LogP contribution in [0, 0.1) is 29.4 Å². The second kappa shape index (κ2) is 31.0. The predicted octanol–water partition coefficient (Wildman–Crippen LogP) is 5.84. The van der Waals surface area contributed by atoms with E-state index in [4.69, 9.17) is 20.2 Å². The molecule has 4 aromatic rings. The number of aromatic nitrogens is 2. The van der Waals surface area contributed by atoms with Crippen molar-refractivity contribution < 1.29 is 66.1 Å². The van der Waals surface area contributed by atoms with Crippen LogP contribution in [-0.2, 0) is 46.6 Å². The first-order chi connectivity index (χ1) is 40.8. The Morgan fingerprint density at radius 3 is 2.26 bits per heavy atom. The average molecular weight is 1180 g/mol. The van der Waals surface area contributed by atoms with E-state index in [0.29, 0.717) is 62.4 Å². The Bertz CT molecular complexity index is 2980.